The molecule has 0 radical (unpaired) electrons. The second-order valence-corrected chi connectivity index (χ2v) is 8.69. The van der Waals surface area contributed by atoms with Crippen LogP contribution in [0.3, 0.4) is 0 Å². The molecule has 0 aromatic heterocycles. The summed E-state index contributed by atoms with van der Waals surface area (Å²) in [6, 6.07) is 13.0. The Morgan fingerprint density at radius 1 is 0.667 bits per heavy atom. The minimum absolute atomic E-state index is 0.267. The third-order valence-corrected chi connectivity index (χ3v) is 6.25. The van der Waals surface area contributed by atoms with Gasteiger partial charge in [0.15, 0.2) is 0 Å². The minimum atomic E-state index is -1.55. The number of halogens is 2. The van der Waals surface area contributed by atoms with Gasteiger partial charge in [0.05, 0.1) is 0 Å². The van der Waals surface area contributed by atoms with Crippen molar-refractivity contribution in [3.05, 3.63) is 71.3 Å². The lowest BCUT2D eigenvalue weighted by Gasteiger charge is -2.37. The van der Waals surface area contributed by atoms with E-state index < -0.39 is 17.8 Å². The maximum absolute atomic E-state index is 13.4. The predicted octanol–water partition coefficient (Wildman–Crippen LogP) is 5.94. The summed E-state index contributed by atoms with van der Waals surface area (Å²) in [5, 5.41) is 0. The highest BCUT2D eigenvalue weighted by atomic mass is 19.1. The van der Waals surface area contributed by atoms with E-state index in [2.05, 4.69) is 27.7 Å². The maximum atomic E-state index is 13.4. The van der Waals surface area contributed by atoms with E-state index in [0.717, 1.165) is 22.3 Å². The molecule has 1 spiro atoms. The standard InChI is InChI=1S/C22H24BF2O2/c1-21(2)22(3,4)27-23(26-21)13-19(15-5-9-17(24)10-6-15)20(14-23)16-7-11-18(25)12-8-16/h5-12H,13-14H2,1-4H3/q-1. The van der Waals surface area contributed by atoms with Crippen molar-refractivity contribution < 1.29 is 18.1 Å². The lowest BCUT2D eigenvalue weighted by atomic mass is 9.53. The Labute approximate surface area is 159 Å². The van der Waals surface area contributed by atoms with E-state index in [1.165, 1.54) is 24.3 Å². The third-order valence-electron chi connectivity index (χ3n) is 6.25. The van der Waals surface area contributed by atoms with E-state index in [9.17, 15) is 8.78 Å². The van der Waals surface area contributed by atoms with E-state index in [4.69, 9.17) is 9.31 Å². The van der Waals surface area contributed by atoms with Crippen LogP contribution in [0.15, 0.2) is 48.5 Å². The predicted molar refractivity (Wildman–Crippen MR) is 105 cm³/mol. The normalized spacial score (nSPS) is 22.6. The Kier molecular flexibility index (Phi) is 4.10. The van der Waals surface area contributed by atoms with Gasteiger partial charge in [-0.1, -0.05) is 35.4 Å². The molecule has 2 aliphatic heterocycles. The van der Waals surface area contributed by atoms with Gasteiger partial charge in [0.1, 0.15) is 11.6 Å². The molecule has 1 saturated heterocycles. The SMILES string of the molecule is CC1(C)O[B-]2(CC(c3ccc(F)cc3)=C(c3ccc(F)cc3)C2)OC1(C)C. The summed E-state index contributed by atoms with van der Waals surface area (Å²) in [5.74, 6) is -0.534. The molecule has 142 valence electrons. The fraction of sp³-hybridized carbons (Fsp3) is 0.364. The average Bonchev–Trinajstić information content (AvgIpc) is 3.01. The average molecular weight is 369 g/mol. The van der Waals surface area contributed by atoms with Crippen LogP contribution in [0.4, 0.5) is 8.78 Å². The molecular weight excluding hydrogens is 345 g/mol. The molecule has 2 aliphatic rings. The molecule has 0 aliphatic carbocycles. The van der Waals surface area contributed by atoms with Crippen molar-refractivity contribution in [3.8, 4) is 0 Å². The van der Waals surface area contributed by atoms with Crippen LogP contribution in [0.25, 0.3) is 11.1 Å². The molecule has 0 amide bonds. The summed E-state index contributed by atoms with van der Waals surface area (Å²) in [6.07, 6.45) is 1.26. The van der Waals surface area contributed by atoms with Crippen LogP contribution in [0.1, 0.15) is 38.8 Å². The quantitative estimate of drug-likeness (QED) is 0.611. The monoisotopic (exact) mass is 369 g/mol. The molecule has 0 unspecified atom stereocenters. The molecule has 0 saturated carbocycles. The first-order valence-corrected chi connectivity index (χ1v) is 9.42. The van der Waals surface area contributed by atoms with Gasteiger partial charge in [-0.05, 0) is 63.1 Å². The molecule has 0 atom stereocenters. The van der Waals surface area contributed by atoms with Crippen LogP contribution in [0, 0.1) is 11.6 Å². The van der Waals surface area contributed by atoms with E-state index >= 15 is 0 Å². The van der Waals surface area contributed by atoms with Crippen LogP contribution < -0.4 is 0 Å². The highest BCUT2D eigenvalue weighted by Crippen LogP contribution is 2.54. The molecule has 1 fully saturated rings. The molecule has 2 aromatic carbocycles. The molecule has 4 rings (SSSR count). The fourth-order valence-corrected chi connectivity index (χ4v) is 4.38. The summed E-state index contributed by atoms with van der Waals surface area (Å²) in [5.41, 5.74) is 3.22. The van der Waals surface area contributed by atoms with Crippen LogP contribution in [0.5, 0.6) is 0 Å². The van der Waals surface area contributed by atoms with Crippen LogP contribution in [0.2, 0.25) is 12.6 Å². The molecule has 0 bridgehead atoms. The summed E-state index contributed by atoms with van der Waals surface area (Å²) < 4.78 is 39.9. The second kappa shape index (κ2) is 6.01. The van der Waals surface area contributed by atoms with Gasteiger partial charge in [0.2, 0.25) is 6.55 Å². The Morgan fingerprint density at radius 2 is 1.00 bits per heavy atom. The number of rotatable bonds is 2. The van der Waals surface area contributed by atoms with E-state index in [0.29, 0.717) is 12.6 Å². The largest absolute Gasteiger partial charge is 0.561 e. The maximum Gasteiger partial charge on any atom is 0.249 e. The molecule has 2 nitrogen and oxygen atoms in total. The molecule has 0 N–H and O–H groups in total. The molecule has 2 heterocycles. The van der Waals surface area contributed by atoms with Crippen molar-refractivity contribution in [1.82, 2.24) is 0 Å². The highest BCUT2D eigenvalue weighted by molar-refractivity contribution is 6.74. The smallest absolute Gasteiger partial charge is 0.249 e. The zero-order chi connectivity index (χ0) is 19.4. The van der Waals surface area contributed by atoms with Crippen molar-refractivity contribution in [3.63, 3.8) is 0 Å². The van der Waals surface area contributed by atoms with Crippen molar-refractivity contribution in [2.24, 2.45) is 0 Å². The number of hydrogen-bond acceptors (Lipinski definition) is 2. The lowest BCUT2D eigenvalue weighted by molar-refractivity contribution is 0.00578. The molecular formula is C22H24BF2O2-. The topological polar surface area (TPSA) is 18.5 Å². The fourth-order valence-electron chi connectivity index (χ4n) is 4.38. The highest BCUT2D eigenvalue weighted by Gasteiger charge is 2.53. The Hall–Kier alpha value is -1.98. The lowest BCUT2D eigenvalue weighted by Crippen LogP contribution is -2.41. The van der Waals surface area contributed by atoms with Crippen molar-refractivity contribution in [2.45, 2.75) is 51.5 Å². The van der Waals surface area contributed by atoms with Gasteiger partial charge >= 0.3 is 0 Å². The minimum Gasteiger partial charge on any atom is -0.561 e. The summed E-state index contributed by atoms with van der Waals surface area (Å²) >= 11 is 0. The molecule has 2 aromatic rings. The van der Waals surface area contributed by atoms with Gasteiger partial charge in [0.25, 0.3) is 0 Å². The van der Waals surface area contributed by atoms with Gasteiger partial charge in [-0.3, -0.25) is 0 Å². The van der Waals surface area contributed by atoms with Gasteiger partial charge in [0, 0.05) is 11.2 Å². The second-order valence-electron chi connectivity index (χ2n) is 8.69. The van der Waals surface area contributed by atoms with Gasteiger partial charge < -0.3 is 9.31 Å². The van der Waals surface area contributed by atoms with Gasteiger partial charge in [-0.15, -0.1) is 12.6 Å². The van der Waals surface area contributed by atoms with Crippen LogP contribution in [-0.4, -0.2) is 17.8 Å². The van der Waals surface area contributed by atoms with Gasteiger partial charge in [-0.25, -0.2) is 8.78 Å². The Morgan fingerprint density at radius 3 is 1.33 bits per heavy atom. The van der Waals surface area contributed by atoms with E-state index in [1.54, 1.807) is 24.3 Å². The summed E-state index contributed by atoms with van der Waals surface area (Å²) in [4.78, 5) is 0. The first-order chi connectivity index (χ1) is 12.6. The molecule has 27 heavy (non-hydrogen) atoms. The van der Waals surface area contributed by atoms with Crippen LogP contribution in [-0.2, 0) is 9.31 Å². The summed E-state index contributed by atoms with van der Waals surface area (Å²) in [7, 11) is 0. The van der Waals surface area contributed by atoms with E-state index in [-0.39, 0.29) is 11.6 Å². The first-order valence-electron chi connectivity index (χ1n) is 9.42. The molecule has 5 heteroatoms. The summed E-state index contributed by atoms with van der Waals surface area (Å²) in [6.45, 7) is 6.66. The van der Waals surface area contributed by atoms with Crippen LogP contribution >= 0.6 is 0 Å². The third kappa shape index (κ3) is 3.13. The van der Waals surface area contributed by atoms with Crippen molar-refractivity contribution in [1.29, 1.82) is 0 Å². The van der Waals surface area contributed by atoms with Crippen molar-refractivity contribution in [2.75, 3.05) is 0 Å². The van der Waals surface area contributed by atoms with Gasteiger partial charge in [-0.2, -0.15) is 0 Å². The first kappa shape index (κ1) is 18.4. The number of hydrogen-bond donors (Lipinski definition) is 0. The zero-order valence-corrected chi connectivity index (χ0v) is 16.2. The Bertz CT molecular complexity index is 823. The van der Waals surface area contributed by atoms with E-state index in [1.807, 2.05) is 0 Å². The number of benzene rings is 2. The van der Waals surface area contributed by atoms with Crippen molar-refractivity contribution >= 4 is 17.7 Å². The number of allylic oxidation sites excluding steroid dienone is 2. The Balaban J connectivity index is 1.79. The zero-order valence-electron chi connectivity index (χ0n) is 16.2.